The van der Waals surface area contributed by atoms with Gasteiger partial charge in [-0.1, -0.05) is 0 Å². The summed E-state index contributed by atoms with van der Waals surface area (Å²) >= 11 is 0. The highest BCUT2D eigenvalue weighted by molar-refractivity contribution is 5.98. The van der Waals surface area contributed by atoms with Gasteiger partial charge in [0.25, 0.3) is 11.5 Å². The lowest BCUT2D eigenvalue weighted by atomic mass is 10.3. The van der Waals surface area contributed by atoms with E-state index in [2.05, 4.69) is 15.7 Å². The van der Waals surface area contributed by atoms with Crippen LogP contribution in [0.4, 0.5) is 14.5 Å². The number of ether oxygens (including phenoxy) is 1. The van der Waals surface area contributed by atoms with Crippen LogP contribution >= 0.6 is 0 Å². The van der Waals surface area contributed by atoms with E-state index in [4.69, 9.17) is 4.74 Å². The second-order valence-corrected chi connectivity index (χ2v) is 5.13. The topological polar surface area (TPSA) is 102 Å². The molecule has 0 aliphatic heterocycles. The van der Waals surface area contributed by atoms with Gasteiger partial charge in [-0.2, -0.15) is 5.10 Å². The zero-order chi connectivity index (χ0) is 19.1. The van der Waals surface area contributed by atoms with Crippen LogP contribution in [0.25, 0.3) is 0 Å². The van der Waals surface area contributed by atoms with Crippen molar-refractivity contribution < 1.29 is 23.1 Å². The maximum atomic E-state index is 13.1. The molecule has 2 N–H and O–H groups in total. The minimum absolute atomic E-state index is 0.0504. The van der Waals surface area contributed by atoms with Gasteiger partial charge in [-0.05, 0) is 18.2 Å². The van der Waals surface area contributed by atoms with Crippen LogP contribution in [-0.4, -0.2) is 41.9 Å². The second kappa shape index (κ2) is 8.81. The minimum Gasteiger partial charge on any atom is -0.383 e. The van der Waals surface area contributed by atoms with Crippen LogP contribution in [0.5, 0.6) is 0 Å². The Morgan fingerprint density at radius 1 is 1.19 bits per heavy atom. The van der Waals surface area contributed by atoms with Crippen LogP contribution < -0.4 is 16.2 Å². The van der Waals surface area contributed by atoms with E-state index in [1.165, 1.54) is 25.3 Å². The van der Waals surface area contributed by atoms with Gasteiger partial charge in [0, 0.05) is 24.9 Å². The number of nitrogens with one attached hydrogen (secondary N) is 2. The number of halogens is 2. The fourth-order valence-corrected chi connectivity index (χ4v) is 1.94. The van der Waals surface area contributed by atoms with Gasteiger partial charge in [0.15, 0.2) is 11.6 Å². The van der Waals surface area contributed by atoms with Gasteiger partial charge < -0.3 is 15.4 Å². The number of methoxy groups -OCH3 is 1. The van der Waals surface area contributed by atoms with Gasteiger partial charge in [0.05, 0.1) is 19.7 Å². The lowest BCUT2D eigenvalue weighted by Crippen LogP contribution is -2.35. The Labute approximate surface area is 146 Å². The summed E-state index contributed by atoms with van der Waals surface area (Å²) in [6.45, 7) is -0.00160. The quantitative estimate of drug-likeness (QED) is 0.745. The van der Waals surface area contributed by atoms with Gasteiger partial charge in [0.2, 0.25) is 5.91 Å². The molecule has 1 heterocycles. The molecule has 0 bridgehead atoms. The van der Waals surface area contributed by atoms with Crippen molar-refractivity contribution >= 4 is 17.5 Å². The minimum atomic E-state index is -1.10. The number of carbonyl (C=O) groups excluding carboxylic acids is 2. The molecule has 0 spiro atoms. The van der Waals surface area contributed by atoms with Crippen molar-refractivity contribution in [3.8, 4) is 0 Å². The van der Waals surface area contributed by atoms with Crippen LogP contribution in [0.3, 0.4) is 0 Å². The molecular formula is C16H16F2N4O4. The zero-order valence-corrected chi connectivity index (χ0v) is 13.8. The lowest BCUT2D eigenvalue weighted by Gasteiger charge is -2.08. The van der Waals surface area contributed by atoms with Crippen LogP contribution in [0.2, 0.25) is 0 Å². The van der Waals surface area contributed by atoms with Crippen LogP contribution in [0.1, 0.15) is 10.5 Å². The van der Waals surface area contributed by atoms with Gasteiger partial charge >= 0.3 is 0 Å². The first-order chi connectivity index (χ1) is 12.4. The predicted molar refractivity (Wildman–Crippen MR) is 87.7 cm³/mol. The van der Waals surface area contributed by atoms with Crippen LogP contribution in [0.15, 0.2) is 35.1 Å². The number of amides is 2. The number of carbonyl (C=O) groups is 2. The number of rotatable bonds is 7. The van der Waals surface area contributed by atoms with Crippen molar-refractivity contribution in [2.24, 2.45) is 0 Å². The molecule has 0 saturated carbocycles. The molecule has 0 atom stereocenters. The van der Waals surface area contributed by atoms with E-state index in [1.54, 1.807) is 0 Å². The summed E-state index contributed by atoms with van der Waals surface area (Å²) in [5.74, 6) is -3.45. The monoisotopic (exact) mass is 366 g/mol. The molecule has 0 aliphatic carbocycles. The third kappa shape index (κ3) is 5.18. The van der Waals surface area contributed by atoms with Gasteiger partial charge in [-0.15, -0.1) is 0 Å². The SMILES string of the molecule is COCCn1nc(C(=O)NCC(=O)Nc2ccc(F)c(F)c2)ccc1=O. The first-order valence-electron chi connectivity index (χ1n) is 7.51. The fraction of sp³-hybridized carbons (Fsp3) is 0.250. The van der Waals surface area contributed by atoms with Crippen LogP contribution in [-0.2, 0) is 16.1 Å². The Balaban J connectivity index is 1.94. The standard InChI is InChI=1S/C16H16F2N4O4/c1-26-7-6-22-15(24)5-4-13(21-22)16(25)19-9-14(23)20-10-2-3-11(17)12(18)8-10/h2-5,8H,6-7,9H2,1H3,(H,19,25)(H,20,23). The average molecular weight is 366 g/mol. The Morgan fingerprint density at radius 3 is 2.65 bits per heavy atom. The number of hydrogen-bond acceptors (Lipinski definition) is 5. The smallest absolute Gasteiger partial charge is 0.272 e. The number of benzene rings is 1. The van der Waals surface area contributed by atoms with Gasteiger partial charge in [-0.3, -0.25) is 14.4 Å². The highest BCUT2D eigenvalue weighted by Crippen LogP contribution is 2.12. The molecule has 1 aromatic heterocycles. The fourth-order valence-electron chi connectivity index (χ4n) is 1.94. The van der Waals surface area contributed by atoms with Gasteiger partial charge in [-0.25, -0.2) is 13.5 Å². The highest BCUT2D eigenvalue weighted by atomic mass is 19.2. The summed E-state index contributed by atoms with van der Waals surface area (Å²) in [5, 5.41) is 8.51. The van der Waals surface area contributed by atoms with E-state index in [0.717, 1.165) is 16.8 Å². The predicted octanol–water partition coefficient (Wildman–Crippen LogP) is 0.536. The maximum Gasteiger partial charge on any atom is 0.272 e. The number of aromatic nitrogens is 2. The molecule has 2 amide bonds. The van der Waals surface area contributed by atoms with Crippen molar-refractivity contribution in [3.05, 3.63) is 58.0 Å². The molecular weight excluding hydrogens is 350 g/mol. The van der Waals surface area contributed by atoms with Crippen molar-refractivity contribution in [1.29, 1.82) is 0 Å². The van der Waals surface area contributed by atoms with E-state index in [0.29, 0.717) is 0 Å². The molecule has 0 saturated heterocycles. The Morgan fingerprint density at radius 2 is 1.96 bits per heavy atom. The molecule has 0 radical (unpaired) electrons. The van der Waals surface area contributed by atoms with Crippen molar-refractivity contribution in [1.82, 2.24) is 15.1 Å². The molecule has 138 valence electrons. The number of nitrogens with zero attached hydrogens (tertiary/aromatic N) is 2. The molecule has 26 heavy (non-hydrogen) atoms. The zero-order valence-electron chi connectivity index (χ0n) is 13.8. The number of hydrogen-bond donors (Lipinski definition) is 2. The lowest BCUT2D eigenvalue weighted by molar-refractivity contribution is -0.115. The molecule has 1 aromatic carbocycles. The summed E-state index contributed by atoms with van der Waals surface area (Å²) in [7, 11) is 1.47. The van der Waals surface area contributed by atoms with Crippen molar-refractivity contribution in [3.63, 3.8) is 0 Å². The van der Waals surface area contributed by atoms with Crippen molar-refractivity contribution in [2.45, 2.75) is 6.54 Å². The molecule has 8 nitrogen and oxygen atoms in total. The first-order valence-corrected chi connectivity index (χ1v) is 7.51. The van der Waals surface area contributed by atoms with E-state index in [-0.39, 0.29) is 24.5 Å². The second-order valence-electron chi connectivity index (χ2n) is 5.13. The summed E-state index contributed by atoms with van der Waals surface area (Å²) < 4.78 is 31.8. The first kappa shape index (κ1) is 19.2. The van der Waals surface area contributed by atoms with E-state index >= 15 is 0 Å². The Hall–Kier alpha value is -3.14. The molecule has 0 unspecified atom stereocenters. The molecule has 0 fully saturated rings. The number of anilines is 1. The Bertz CT molecular complexity index is 870. The van der Waals surface area contributed by atoms with E-state index < -0.39 is 35.6 Å². The van der Waals surface area contributed by atoms with Crippen molar-refractivity contribution in [2.75, 3.05) is 25.6 Å². The largest absolute Gasteiger partial charge is 0.383 e. The maximum absolute atomic E-state index is 13.1. The van der Waals surface area contributed by atoms with E-state index in [1.807, 2.05) is 0 Å². The molecule has 2 aromatic rings. The summed E-state index contributed by atoms with van der Waals surface area (Å²) in [6.07, 6.45) is 0. The summed E-state index contributed by atoms with van der Waals surface area (Å²) in [5.41, 5.74) is -0.398. The van der Waals surface area contributed by atoms with Crippen LogP contribution in [0, 0.1) is 11.6 Å². The third-order valence-electron chi connectivity index (χ3n) is 3.22. The summed E-state index contributed by atoms with van der Waals surface area (Å²) in [6, 6.07) is 5.29. The van der Waals surface area contributed by atoms with Gasteiger partial charge in [0.1, 0.15) is 5.69 Å². The highest BCUT2D eigenvalue weighted by Gasteiger charge is 2.12. The Kier molecular flexibility index (Phi) is 6.50. The molecule has 2 rings (SSSR count). The summed E-state index contributed by atoms with van der Waals surface area (Å²) in [4.78, 5) is 35.4. The normalized spacial score (nSPS) is 10.4. The average Bonchev–Trinajstić information content (AvgIpc) is 2.62. The third-order valence-corrected chi connectivity index (χ3v) is 3.22. The van der Waals surface area contributed by atoms with E-state index in [9.17, 15) is 23.2 Å². The molecule has 10 heteroatoms. The molecule has 0 aliphatic rings.